The first-order chi connectivity index (χ1) is 9.98. The lowest BCUT2D eigenvalue weighted by atomic mass is 9.96. The molecule has 0 bridgehead atoms. The van der Waals surface area contributed by atoms with Crippen LogP contribution in [0.1, 0.15) is 36.0 Å². The van der Waals surface area contributed by atoms with Crippen LogP contribution >= 0.6 is 11.6 Å². The summed E-state index contributed by atoms with van der Waals surface area (Å²) in [6.45, 7) is 0.675. The molecule has 1 amide bonds. The summed E-state index contributed by atoms with van der Waals surface area (Å²) in [5.74, 6) is -0.0741. The van der Waals surface area contributed by atoms with Gasteiger partial charge in [-0.15, -0.1) is 0 Å². The van der Waals surface area contributed by atoms with Gasteiger partial charge >= 0.3 is 0 Å². The lowest BCUT2D eigenvalue weighted by Gasteiger charge is -2.36. The Morgan fingerprint density at radius 3 is 2.57 bits per heavy atom. The molecular weight excluding hydrogens is 286 g/mol. The number of carbonyl (C=O) groups is 1. The molecule has 0 saturated heterocycles. The second kappa shape index (κ2) is 6.67. The highest BCUT2D eigenvalue weighted by molar-refractivity contribution is 6.31. The topological polar surface area (TPSA) is 44.4 Å². The van der Waals surface area contributed by atoms with E-state index in [9.17, 15) is 4.79 Å². The third-order valence-corrected chi connectivity index (χ3v) is 4.79. The van der Waals surface area contributed by atoms with Crippen LogP contribution in [0, 0.1) is 0 Å². The molecule has 1 fully saturated rings. The van der Waals surface area contributed by atoms with Gasteiger partial charge in [0, 0.05) is 29.8 Å². The van der Waals surface area contributed by atoms with Crippen molar-refractivity contribution in [3.63, 3.8) is 0 Å². The third-order valence-electron chi connectivity index (χ3n) is 4.56. The molecule has 0 heterocycles. The van der Waals surface area contributed by atoms with Gasteiger partial charge in [-0.25, -0.2) is 0 Å². The molecule has 0 atom stereocenters. The van der Waals surface area contributed by atoms with Crippen molar-refractivity contribution in [3.8, 4) is 0 Å². The van der Waals surface area contributed by atoms with Gasteiger partial charge in [0.2, 0.25) is 0 Å². The minimum atomic E-state index is -0.0741. The van der Waals surface area contributed by atoms with Crippen molar-refractivity contribution in [2.75, 3.05) is 33.0 Å². The van der Waals surface area contributed by atoms with Crippen molar-refractivity contribution >= 4 is 23.2 Å². The predicted octanol–water partition coefficient (Wildman–Crippen LogP) is 2.99. The summed E-state index contributed by atoms with van der Waals surface area (Å²) in [6.07, 6.45) is 4.73. The van der Waals surface area contributed by atoms with Crippen LogP contribution < -0.4 is 10.6 Å². The SMILES string of the molecule is CNc1ccc(Cl)cc1C(=O)NCC1(N(C)C)CCCC1. The van der Waals surface area contributed by atoms with Crippen molar-refractivity contribution in [2.24, 2.45) is 0 Å². The fourth-order valence-electron chi connectivity index (χ4n) is 3.08. The molecule has 5 heteroatoms. The lowest BCUT2D eigenvalue weighted by Crippen LogP contribution is -2.50. The van der Waals surface area contributed by atoms with E-state index in [1.54, 1.807) is 19.2 Å². The molecule has 1 aliphatic rings. The van der Waals surface area contributed by atoms with Crippen LogP contribution in [0.2, 0.25) is 5.02 Å². The number of hydrogen-bond donors (Lipinski definition) is 2. The molecule has 1 aromatic carbocycles. The van der Waals surface area contributed by atoms with Gasteiger partial charge in [-0.2, -0.15) is 0 Å². The Morgan fingerprint density at radius 2 is 2.00 bits per heavy atom. The monoisotopic (exact) mass is 309 g/mol. The maximum absolute atomic E-state index is 12.5. The normalized spacial score (nSPS) is 17.0. The Morgan fingerprint density at radius 1 is 1.33 bits per heavy atom. The smallest absolute Gasteiger partial charge is 0.253 e. The number of likely N-dealkylation sites (N-methyl/N-ethyl adjacent to an activating group) is 1. The van der Waals surface area contributed by atoms with E-state index in [0.717, 1.165) is 18.5 Å². The fourth-order valence-corrected chi connectivity index (χ4v) is 3.25. The largest absolute Gasteiger partial charge is 0.387 e. The van der Waals surface area contributed by atoms with Gasteiger partial charge in [0.1, 0.15) is 0 Å². The van der Waals surface area contributed by atoms with Crippen molar-refractivity contribution < 1.29 is 4.79 Å². The highest BCUT2D eigenvalue weighted by atomic mass is 35.5. The minimum Gasteiger partial charge on any atom is -0.387 e. The molecule has 0 spiro atoms. The molecule has 1 aromatic rings. The lowest BCUT2D eigenvalue weighted by molar-refractivity contribution is 0.0901. The highest BCUT2D eigenvalue weighted by Gasteiger charge is 2.36. The van der Waals surface area contributed by atoms with Gasteiger partial charge in [0.05, 0.1) is 5.56 Å². The second-order valence-electron chi connectivity index (χ2n) is 5.95. The molecule has 2 rings (SSSR count). The predicted molar refractivity (Wildman–Crippen MR) is 88.2 cm³/mol. The van der Waals surface area contributed by atoms with Crippen LogP contribution in [-0.2, 0) is 0 Å². The molecule has 0 unspecified atom stereocenters. The molecule has 21 heavy (non-hydrogen) atoms. The first-order valence-corrected chi connectivity index (χ1v) is 7.79. The second-order valence-corrected chi connectivity index (χ2v) is 6.38. The zero-order valence-corrected chi connectivity index (χ0v) is 13.8. The number of nitrogens with zero attached hydrogens (tertiary/aromatic N) is 1. The molecule has 0 aliphatic heterocycles. The van der Waals surface area contributed by atoms with E-state index in [0.29, 0.717) is 17.1 Å². The van der Waals surface area contributed by atoms with E-state index in [4.69, 9.17) is 11.6 Å². The van der Waals surface area contributed by atoms with Crippen LogP contribution in [-0.4, -0.2) is 44.0 Å². The molecule has 1 aliphatic carbocycles. The molecule has 4 nitrogen and oxygen atoms in total. The van der Waals surface area contributed by atoms with Gasteiger partial charge in [0.25, 0.3) is 5.91 Å². The first-order valence-electron chi connectivity index (χ1n) is 7.41. The van der Waals surface area contributed by atoms with Crippen LogP contribution in [0.4, 0.5) is 5.69 Å². The standard InChI is InChI=1S/C16H24ClN3O/c1-18-14-7-6-12(17)10-13(14)15(21)19-11-16(20(2)3)8-4-5-9-16/h6-7,10,18H,4-5,8-9,11H2,1-3H3,(H,19,21). The Bertz CT molecular complexity index is 510. The van der Waals surface area contributed by atoms with Gasteiger partial charge in [-0.1, -0.05) is 24.4 Å². The zero-order valence-electron chi connectivity index (χ0n) is 13.0. The van der Waals surface area contributed by atoms with E-state index in [-0.39, 0.29) is 11.4 Å². The summed E-state index contributed by atoms with van der Waals surface area (Å²) in [6, 6.07) is 5.32. The summed E-state index contributed by atoms with van der Waals surface area (Å²) in [5, 5.41) is 6.69. The zero-order chi connectivity index (χ0) is 15.5. The summed E-state index contributed by atoms with van der Waals surface area (Å²) < 4.78 is 0. The summed E-state index contributed by atoms with van der Waals surface area (Å²) >= 11 is 6.01. The van der Waals surface area contributed by atoms with Gasteiger partial charge in [-0.3, -0.25) is 4.79 Å². The maximum Gasteiger partial charge on any atom is 0.253 e. The number of hydrogen-bond acceptors (Lipinski definition) is 3. The van der Waals surface area contributed by atoms with Crippen LogP contribution in [0.15, 0.2) is 18.2 Å². The molecule has 116 valence electrons. The van der Waals surface area contributed by atoms with E-state index >= 15 is 0 Å². The van der Waals surface area contributed by atoms with Crippen LogP contribution in [0.25, 0.3) is 0 Å². The van der Waals surface area contributed by atoms with E-state index in [2.05, 4.69) is 29.6 Å². The quantitative estimate of drug-likeness (QED) is 0.879. The van der Waals surface area contributed by atoms with E-state index in [1.807, 2.05) is 6.07 Å². The number of halogens is 1. The number of benzene rings is 1. The van der Waals surface area contributed by atoms with Crippen molar-refractivity contribution in [1.29, 1.82) is 0 Å². The average Bonchev–Trinajstić information content (AvgIpc) is 2.95. The maximum atomic E-state index is 12.5. The van der Waals surface area contributed by atoms with Crippen LogP contribution in [0.5, 0.6) is 0 Å². The van der Waals surface area contributed by atoms with Crippen LogP contribution in [0.3, 0.4) is 0 Å². The molecule has 0 aromatic heterocycles. The highest BCUT2D eigenvalue weighted by Crippen LogP contribution is 2.33. The third kappa shape index (κ3) is 3.50. The molecule has 1 saturated carbocycles. The Hall–Kier alpha value is -1.26. The van der Waals surface area contributed by atoms with Crippen molar-refractivity contribution in [2.45, 2.75) is 31.2 Å². The molecular formula is C16H24ClN3O. The minimum absolute atomic E-state index is 0.0741. The first kappa shape index (κ1) is 16.1. The summed E-state index contributed by atoms with van der Waals surface area (Å²) in [7, 11) is 5.99. The van der Waals surface area contributed by atoms with Crippen molar-refractivity contribution in [1.82, 2.24) is 10.2 Å². The van der Waals surface area contributed by atoms with E-state index < -0.39 is 0 Å². The molecule has 2 N–H and O–H groups in total. The number of amides is 1. The summed E-state index contributed by atoms with van der Waals surface area (Å²) in [5.41, 5.74) is 1.48. The summed E-state index contributed by atoms with van der Waals surface area (Å²) in [4.78, 5) is 14.7. The number of rotatable bonds is 5. The van der Waals surface area contributed by atoms with Crippen molar-refractivity contribution in [3.05, 3.63) is 28.8 Å². The number of carbonyl (C=O) groups excluding carboxylic acids is 1. The van der Waals surface area contributed by atoms with Gasteiger partial charge in [0.15, 0.2) is 0 Å². The average molecular weight is 310 g/mol. The van der Waals surface area contributed by atoms with E-state index in [1.165, 1.54) is 12.8 Å². The number of nitrogens with one attached hydrogen (secondary N) is 2. The fraction of sp³-hybridized carbons (Fsp3) is 0.562. The van der Waals surface area contributed by atoms with Gasteiger partial charge in [-0.05, 0) is 45.1 Å². The Balaban J connectivity index is 2.10. The Kier molecular flexibility index (Phi) is 5.12. The van der Waals surface area contributed by atoms with Gasteiger partial charge < -0.3 is 15.5 Å². The number of anilines is 1. The Labute approximate surface area is 131 Å². The molecule has 0 radical (unpaired) electrons.